The SMILES string of the molecule is CCCCOc1ccc2c(c1)C1(CCNCC1)OC2c1cnccn1. The van der Waals surface area contributed by atoms with Gasteiger partial charge in [-0.25, -0.2) is 0 Å². The van der Waals surface area contributed by atoms with Gasteiger partial charge in [-0.1, -0.05) is 19.4 Å². The van der Waals surface area contributed by atoms with Gasteiger partial charge in [0.25, 0.3) is 0 Å². The van der Waals surface area contributed by atoms with Crippen molar-refractivity contribution in [2.24, 2.45) is 0 Å². The second kappa shape index (κ2) is 7.10. The maximum Gasteiger partial charge on any atom is 0.128 e. The van der Waals surface area contributed by atoms with Gasteiger partial charge in [-0.3, -0.25) is 9.97 Å². The fourth-order valence-corrected chi connectivity index (χ4v) is 3.82. The molecule has 2 aliphatic heterocycles. The molecule has 1 N–H and O–H groups in total. The Kier molecular flexibility index (Phi) is 4.68. The smallest absolute Gasteiger partial charge is 0.128 e. The van der Waals surface area contributed by atoms with E-state index in [1.165, 1.54) is 11.1 Å². The molecule has 3 heterocycles. The maximum atomic E-state index is 6.63. The van der Waals surface area contributed by atoms with E-state index in [-0.39, 0.29) is 11.7 Å². The van der Waals surface area contributed by atoms with Crippen LogP contribution in [-0.2, 0) is 10.3 Å². The highest BCUT2D eigenvalue weighted by Gasteiger charge is 2.46. The van der Waals surface area contributed by atoms with Crippen LogP contribution in [0.1, 0.15) is 55.5 Å². The van der Waals surface area contributed by atoms with Crippen molar-refractivity contribution in [2.45, 2.75) is 44.3 Å². The highest BCUT2D eigenvalue weighted by molar-refractivity contribution is 5.46. The average Bonchev–Trinajstić information content (AvgIpc) is 2.97. The van der Waals surface area contributed by atoms with Gasteiger partial charge in [0.1, 0.15) is 11.9 Å². The second-order valence-corrected chi connectivity index (χ2v) is 6.82. The van der Waals surface area contributed by atoms with Crippen molar-refractivity contribution in [2.75, 3.05) is 19.7 Å². The molecule has 25 heavy (non-hydrogen) atoms. The molecule has 1 saturated heterocycles. The van der Waals surface area contributed by atoms with E-state index in [0.717, 1.165) is 56.8 Å². The molecule has 1 aromatic carbocycles. The number of hydrogen-bond donors (Lipinski definition) is 1. The van der Waals surface area contributed by atoms with Gasteiger partial charge in [0.05, 0.1) is 24.1 Å². The zero-order valence-corrected chi connectivity index (χ0v) is 14.7. The lowest BCUT2D eigenvalue weighted by molar-refractivity contribution is -0.0812. The van der Waals surface area contributed by atoms with E-state index >= 15 is 0 Å². The van der Waals surface area contributed by atoms with Crippen LogP contribution in [0.4, 0.5) is 0 Å². The fourth-order valence-electron chi connectivity index (χ4n) is 3.82. The normalized spacial score (nSPS) is 21.2. The van der Waals surface area contributed by atoms with Crippen LogP contribution in [0.25, 0.3) is 0 Å². The monoisotopic (exact) mass is 339 g/mol. The molecule has 0 saturated carbocycles. The first kappa shape index (κ1) is 16.5. The van der Waals surface area contributed by atoms with Gasteiger partial charge in [0.15, 0.2) is 0 Å². The summed E-state index contributed by atoms with van der Waals surface area (Å²) in [6, 6.07) is 6.39. The van der Waals surface area contributed by atoms with Gasteiger partial charge in [-0.15, -0.1) is 0 Å². The van der Waals surface area contributed by atoms with Gasteiger partial charge >= 0.3 is 0 Å². The predicted octanol–water partition coefficient (Wildman–Crippen LogP) is 3.35. The Morgan fingerprint density at radius 1 is 1.28 bits per heavy atom. The lowest BCUT2D eigenvalue weighted by Gasteiger charge is -2.34. The lowest BCUT2D eigenvalue weighted by atomic mass is 9.84. The standard InChI is InChI=1S/C20H25N3O2/c1-2-3-12-24-15-4-5-16-17(13-15)20(6-8-21-9-7-20)25-19(16)18-14-22-10-11-23-18/h4-5,10-11,13-14,19,21H,2-3,6-9,12H2,1H3. The van der Waals surface area contributed by atoms with Crippen molar-refractivity contribution in [3.63, 3.8) is 0 Å². The summed E-state index contributed by atoms with van der Waals surface area (Å²) in [6.45, 7) is 4.87. The molecule has 2 aliphatic rings. The third-order valence-corrected chi connectivity index (χ3v) is 5.17. The fraction of sp³-hybridized carbons (Fsp3) is 0.500. The van der Waals surface area contributed by atoms with Crippen LogP contribution in [0.5, 0.6) is 5.75 Å². The number of hydrogen-bond acceptors (Lipinski definition) is 5. The first-order valence-corrected chi connectivity index (χ1v) is 9.24. The summed E-state index contributed by atoms with van der Waals surface area (Å²) in [5, 5.41) is 3.44. The van der Waals surface area contributed by atoms with Crippen molar-refractivity contribution in [1.29, 1.82) is 0 Å². The van der Waals surface area contributed by atoms with E-state index in [1.54, 1.807) is 18.6 Å². The molecule has 0 radical (unpaired) electrons. The molecule has 132 valence electrons. The van der Waals surface area contributed by atoms with E-state index in [0.29, 0.717) is 0 Å². The number of ether oxygens (including phenoxy) is 2. The minimum Gasteiger partial charge on any atom is -0.494 e. The molecular weight excluding hydrogens is 314 g/mol. The molecule has 1 fully saturated rings. The number of nitrogens with zero attached hydrogens (tertiary/aromatic N) is 2. The van der Waals surface area contributed by atoms with E-state index < -0.39 is 0 Å². The molecular formula is C20H25N3O2. The quantitative estimate of drug-likeness (QED) is 0.847. The molecule has 1 spiro atoms. The Bertz CT molecular complexity index is 714. The largest absolute Gasteiger partial charge is 0.494 e. The molecule has 1 unspecified atom stereocenters. The van der Waals surface area contributed by atoms with Crippen LogP contribution in [0.2, 0.25) is 0 Å². The van der Waals surface area contributed by atoms with Gasteiger partial charge in [-0.2, -0.15) is 0 Å². The van der Waals surface area contributed by atoms with Crippen LogP contribution in [-0.4, -0.2) is 29.7 Å². The molecule has 1 aromatic heterocycles. The summed E-state index contributed by atoms with van der Waals surface area (Å²) in [7, 11) is 0. The summed E-state index contributed by atoms with van der Waals surface area (Å²) in [5.74, 6) is 0.938. The highest BCUT2D eigenvalue weighted by atomic mass is 16.5. The second-order valence-electron chi connectivity index (χ2n) is 6.82. The van der Waals surface area contributed by atoms with Crippen molar-refractivity contribution < 1.29 is 9.47 Å². The van der Waals surface area contributed by atoms with Crippen molar-refractivity contribution >= 4 is 0 Å². The van der Waals surface area contributed by atoms with Gasteiger partial charge in [-0.05, 0) is 55.6 Å². The lowest BCUT2D eigenvalue weighted by Crippen LogP contribution is -2.39. The first-order chi connectivity index (χ1) is 12.3. The molecule has 5 nitrogen and oxygen atoms in total. The number of piperidine rings is 1. The number of rotatable bonds is 5. The van der Waals surface area contributed by atoms with E-state index in [1.807, 2.05) is 0 Å². The zero-order chi connectivity index (χ0) is 17.1. The minimum atomic E-state index is -0.243. The summed E-state index contributed by atoms with van der Waals surface area (Å²) >= 11 is 0. The van der Waals surface area contributed by atoms with E-state index in [9.17, 15) is 0 Å². The van der Waals surface area contributed by atoms with Crippen molar-refractivity contribution in [3.05, 3.63) is 53.6 Å². The van der Waals surface area contributed by atoms with Gasteiger partial charge in [0, 0.05) is 12.4 Å². The summed E-state index contributed by atoms with van der Waals surface area (Å²) in [6.07, 6.45) is 9.23. The summed E-state index contributed by atoms with van der Waals surface area (Å²) in [5.41, 5.74) is 3.09. The number of fused-ring (bicyclic) bond motifs is 2. The number of aromatic nitrogens is 2. The Morgan fingerprint density at radius 2 is 2.16 bits per heavy atom. The van der Waals surface area contributed by atoms with Crippen molar-refractivity contribution in [1.82, 2.24) is 15.3 Å². The molecule has 4 rings (SSSR count). The van der Waals surface area contributed by atoms with Gasteiger partial charge < -0.3 is 14.8 Å². The Hall–Kier alpha value is -1.98. The molecule has 0 amide bonds. The van der Waals surface area contributed by atoms with Crippen LogP contribution >= 0.6 is 0 Å². The number of unbranched alkanes of at least 4 members (excludes halogenated alkanes) is 1. The van der Waals surface area contributed by atoms with Crippen LogP contribution < -0.4 is 10.1 Å². The Balaban J connectivity index is 1.70. The van der Waals surface area contributed by atoms with E-state index in [4.69, 9.17) is 9.47 Å². The number of benzene rings is 1. The highest BCUT2D eigenvalue weighted by Crippen LogP contribution is 2.51. The topological polar surface area (TPSA) is 56.3 Å². The maximum absolute atomic E-state index is 6.63. The predicted molar refractivity (Wildman–Crippen MR) is 95.6 cm³/mol. The molecule has 0 aliphatic carbocycles. The minimum absolute atomic E-state index is 0.147. The van der Waals surface area contributed by atoms with Crippen LogP contribution in [0.15, 0.2) is 36.8 Å². The van der Waals surface area contributed by atoms with Crippen LogP contribution in [0.3, 0.4) is 0 Å². The molecule has 5 heteroatoms. The Labute approximate surface area is 148 Å². The summed E-state index contributed by atoms with van der Waals surface area (Å²) in [4.78, 5) is 8.71. The van der Waals surface area contributed by atoms with Crippen molar-refractivity contribution in [3.8, 4) is 5.75 Å². The third kappa shape index (κ3) is 3.14. The molecule has 0 bridgehead atoms. The summed E-state index contributed by atoms with van der Waals surface area (Å²) < 4.78 is 12.6. The van der Waals surface area contributed by atoms with E-state index in [2.05, 4.69) is 40.4 Å². The zero-order valence-electron chi connectivity index (χ0n) is 14.7. The first-order valence-electron chi connectivity index (χ1n) is 9.24. The number of nitrogens with one attached hydrogen (secondary N) is 1. The van der Waals surface area contributed by atoms with Crippen LogP contribution in [0, 0.1) is 0 Å². The molecule has 2 aromatic rings. The third-order valence-electron chi connectivity index (χ3n) is 5.17. The average molecular weight is 339 g/mol. The van der Waals surface area contributed by atoms with Gasteiger partial charge in [0.2, 0.25) is 0 Å². The Morgan fingerprint density at radius 3 is 2.92 bits per heavy atom. The molecule has 1 atom stereocenters.